The molecule has 0 aliphatic heterocycles. The van der Waals surface area contributed by atoms with Gasteiger partial charge in [-0.1, -0.05) is 0 Å². The molecule has 0 aromatic carbocycles. The lowest BCUT2D eigenvalue weighted by Crippen LogP contribution is -2.15. The molecule has 8 heteroatoms. The minimum absolute atomic E-state index is 0.122. The molecule has 0 fully saturated rings. The van der Waals surface area contributed by atoms with E-state index < -0.39 is 18.4 Å². The van der Waals surface area contributed by atoms with Gasteiger partial charge in [0.05, 0.1) is 17.5 Å². The van der Waals surface area contributed by atoms with Crippen molar-refractivity contribution in [2.45, 2.75) is 40.7 Å². The first kappa shape index (κ1) is 19.5. The topological polar surface area (TPSA) is 107 Å². The average molecular weight is 382 g/mol. The van der Waals surface area contributed by atoms with E-state index in [9.17, 15) is 14.4 Å². The van der Waals surface area contributed by atoms with Crippen molar-refractivity contribution in [3.8, 4) is 0 Å². The number of nitrogens with zero attached hydrogens (tertiary/aromatic N) is 3. The van der Waals surface area contributed by atoms with Crippen LogP contribution in [0.15, 0.2) is 18.5 Å². The van der Waals surface area contributed by atoms with Gasteiger partial charge in [0, 0.05) is 28.9 Å². The van der Waals surface area contributed by atoms with Crippen molar-refractivity contribution in [3.05, 3.63) is 46.5 Å². The van der Waals surface area contributed by atoms with Crippen molar-refractivity contribution in [2.75, 3.05) is 6.61 Å². The van der Waals surface area contributed by atoms with E-state index in [1.807, 2.05) is 13.8 Å². The second-order valence-corrected chi connectivity index (χ2v) is 7.00. The summed E-state index contributed by atoms with van der Waals surface area (Å²) in [4.78, 5) is 43.6. The number of ether oxygens (including phenoxy) is 1. The second kappa shape index (κ2) is 7.38. The zero-order chi connectivity index (χ0) is 20.6. The summed E-state index contributed by atoms with van der Waals surface area (Å²) in [6.07, 6.45) is 3.05. The van der Waals surface area contributed by atoms with Gasteiger partial charge in [-0.25, -0.2) is 14.5 Å². The molecule has 0 amide bonds. The maximum Gasteiger partial charge on any atom is 0.340 e. The van der Waals surface area contributed by atoms with Gasteiger partial charge >= 0.3 is 5.97 Å². The standard InChI is InChI=1S/C20H22N4O4/c1-10(2)24-19-14(8-22-24)6-15(7-21-19)20(27)28-9-16(26)18-11(3)17(13(5)25)12(4)23-18/h6-8,10,23H,9H2,1-5H3. The molecule has 0 saturated carbocycles. The molecule has 0 aliphatic rings. The number of ketones is 2. The molecule has 0 radical (unpaired) electrons. The van der Waals surface area contributed by atoms with Gasteiger partial charge in [-0.05, 0) is 46.2 Å². The van der Waals surface area contributed by atoms with Crippen LogP contribution in [0.3, 0.4) is 0 Å². The molecular weight excluding hydrogens is 360 g/mol. The Hall–Kier alpha value is -3.29. The van der Waals surface area contributed by atoms with Gasteiger partial charge in [-0.3, -0.25) is 9.59 Å². The fourth-order valence-electron chi connectivity index (χ4n) is 3.27. The number of H-pyrrole nitrogens is 1. The summed E-state index contributed by atoms with van der Waals surface area (Å²) in [5.74, 6) is -1.17. The molecule has 3 aromatic heterocycles. The highest BCUT2D eigenvalue weighted by molar-refractivity contribution is 6.04. The molecule has 0 aliphatic carbocycles. The summed E-state index contributed by atoms with van der Waals surface area (Å²) in [5.41, 5.74) is 2.88. The van der Waals surface area contributed by atoms with Crippen LogP contribution in [0.1, 0.15) is 69.3 Å². The van der Waals surface area contributed by atoms with Gasteiger partial charge in [-0.15, -0.1) is 0 Å². The molecule has 0 bridgehead atoms. The van der Waals surface area contributed by atoms with Crippen molar-refractivity contribution < 1.29 is 19.1 Å². The van der Waals surface area contributed by atoms with E-state index in [2.05, 4.69) is 15.1 Å². The summed E-state index contributed by atoms with van der Waals surface area (Å²) in [6, 6.07) is 1.78. The van der Waals surface area contributed by atoms with Crippen LogP contribution in [0.5, 0.6) is 0 Å². The van der Waals surface area contributed by atoms with E-state index in [0.29, 0.717) is 22.5 Å². The maximum atomic E-state index is 12.4. The highest BCUT2D eigenvalue weighted by Gasteiger charge is 2.21. The number of carbonyl (C=O) groups excluding carboxylic acids is 3. The zero-order valence-corrected chi connectivity index (χ0v) is 16.5. The minimum atomic E-state index is -0.646. The Labute approximate surface area is 161 Å². The fraction of sp³-hybridized carbons (Fsp3) is 0.350. The number of fused-ring (bicyclic) bond motifs is 1. The molecule has 0 unspecified atom stereocenters. The van der Waals surface area contributed by atoms with Crippen LogP contribution in [-0.4, -0.2) is 43.9 Å². The lowest BCUT2D eigenvalue weighted by Gasteiger charge is -2.07. The lowest BCUT2D eigenvalue weighted by atomic mass is 10.1. The molecule has 1 N–H and O–H groups in total. The van der Waals surface area contributed by atoms with E-state index in [4.69, 9.17) is 4.74 Å². The third-order valence-electron chi connectivity index (χ3n) is 4.56. The van der Waals surface area contributed by atoms with Crippen molar-refractivity contribution in [3.63, 3.8) is 0 Å². The largest absolute Gasteiger partial charge is 0.454 e. The molecular formula is C20H22N4O4. The predicted molar refractivity (Wildman–Crippen MR) is 103 cm³/mol. The van der Waals surface area contributed by atoms with Gasteiger partial charge < -0.3 is 9.72 Å². The Balaban J connectivity index is 1.74. The van der Waals surface area contributed by atoms with E-state index in [1.54, 1.807) is 30.8 Å². The Morgan fingerprint density at radius 3 is 2.54 bits per heavy atom. The SMILES string of the molecule is CC(=O)c1c(C)[nH]c(C(=O)COC(=O)c2cnc3c(cnn3C(C)C)c2)c1C. The Bertz CT molecular complexity index is 1090. The number of pyridine rings is 1. The number of rotatable bonds is 6. The lowest BCUT2D eigenvalue weighted by molar-refractivity contribution is 0.0473. The maximum absolute atomic E-state index is 12.4. The van der Waals surface area contributed by atoms with Crippen molar-refractivity contribution in [1.82, 2.24) is 19.7 Å². The van der Waals surface area contributed by atoms with E-state index in [0.717, 1.165) is 5.39 Å². The van der Waals surface area contributed by atoms with E-state index in [-0.39, 0.29) is 23.1 Å². The van der Waals surface area contributed by atoms with Crippen LogP contribution >= 0.6 is 0 Å². The van der Waals surface area contributed by atoms with Gasteiger partial charge in [0.25, 0.3) is 0 Å². The van der Waals surface area contributed by atoms with Gasteiger partial charge in [0.15, 0.2) is 18.0 Å². The minimum Gasteiger partial charge on any atom is -0.454 e. The van der Waals surface area contributed by atoms with Crippen LogP contribution in [0.2, 0.25) is 0 Å². The first-order valence-electron chi connectivity index (χ1n) is 8.94. The van der Waals surface area contributed by atoms with Crippen LogP contribution in [0.25, 0.3) is 11.0 Å². The number of Topliss-reactive ketones (excluding diaryl/α,β-unsaturated/α-hetero) is 2. The molecule has 0 saturated heterocycles. The summed E-state index contributed by atoms with van der Waals surface area (Å²) in [5, 5.41) is 4.98. The van der Waals surface area contributed by atoms with Crippen LogP contribution in [0, 0.1) is 13.8 Å². The quantitative estimate of drug-likeness (QED) is 0.518. The van der Waals surface area contributed by atoms with Crippen molar-refractivity contribution in [1.29, 1.82) is 0 Å². The van der Waals surface area contributed by atoms with Gasteiger partial charge in [0.2, 0.25) is 5.78 Å². The van der Waals surface area contributed by atoms with Gasteiger partial charge in [0.1, 0.15) is 0 Å². The average Bonchev–Trinajstić information content (AvgIpc) is 3.19. The number of aromatic amines is 1. The van der Waals surface area contributed by atoms with E-state index in [1.165, 1.54) is 13.1 Å². The Morgan fingerprint density at radius 2 is 1.93 bits per heavy atom. The highest BCUT2D eigenvalue weighted by Crippen LogP contribution is 2.20. The monoisotopic (exact) mass is 382 g/mol. The summed E-state index contributed by atoms with van der Waals surface area (Å²) in [6.45, 7) is 8.42. The van der Waals surface area contributed by atoms with Gasteiger partial charge in [-0.2, -0.15) is 5.10 Å². The summed E-state index contributed by atoms with van der Waals surface area (Å²) >= 11 is 0. The number of carbonyl (C=O) groups is 3. The second-order valence-electron chi connectivity index (χ2n) is 7.00. The molecule has 3 rings (SSSR count). The number of hydrogen-bond acceptors (Lipinski definition) is 6. The molecule has 8 nitrogen and oxygen atoms in total. The number of esters is 1. The molecule has 3 aromatic rings. The summed E-state index contributed by atoms with van der Waals surface area (Å²) < 4.78 is 6.91. The molecule has 0 spiro atoms. The molecule has 146 valence electrons. The fourth-order valence-corrected chi connectivity index (χ4v) is 3.27. The summed E-state index contributed by atoms with van der Waals surface area (Å²) in [7, 11) is 0. The first-order valence-corrected chi connectivity index (χ1v) is 8.94. The third kappa shape index (κ3) is 3.45. The van der Waals surface area contributed by atoms with Crippen LogP contribution < -0.4 is 0 Å². The van der Waals surface area contributed by atoms with Crippen molar-refractivity contribution in [2.24, 2.45) is 0 Å². The van der Waals surface area contributed by atoms with Crippen LogP contribution in [0.4, 0.5) is 0 Å². The predicted octanol–water partition coefficient (Wildman–Crippen LogP) is 3.20. The molecule has 0 atom stereocenters. The Morgan fingerprint density at radius 1 is 1.21 bits per heavy atom. The smallest absolute Gasteiger partial charge is 0.340 e. The Kier molecular flexibility index (Phi) is 5.13. The first-order chi connectivity index (χ1) is 13.2. The number of aryl methyl sites for hydroxylation is 1. The van der Waals surface area contributed by atoms with E-state index >= 15 is 0 Å². The van der Waals surface area contributed by atoms with Crippen molar-refractivity contribution >= 4 is 28.6 Å². The third-order valence-corrected chi connectivity index (χ3v) is 4.56. The highest BCUT2D eigenvalue weighted by atomic mass is 16.5. The normalized spacial score (nSPS) is 11.2. The number of hydrogen-bond donors (Lipinski definition) is 1. The number of aromatic nitrogens is 4. The zero-order valence-electron chi connectivity index (χ0n) is 16.5. The molecule has 28 heavy (non-hydrogen) atoms. The van der Waals surface area contributed by atoms with Crippen LogP contribution in [-0.2, 0) is 4.74 Å². The molecule has 3 heterocycles. The number of nitrogens with one attached hydrogen (secondary N) is 1.